The second-order valence-corrected chi connectivity index (χ2v) is 2.58. The Bertz CT molecular complexity index is 251. The molecule has 0 unspecified atom stereocenters. The van der Waals surface area contributed by atoms with E-state index in [0.717, 1.165) is 0 Å². The predicted molar refractivity (Wildman–Crippen MR) is 43.9 cm³/mol. The molecule has 0 radical (unpaired) electrons. The quantitative estimate of drug-likeness (QED) is 0.614. The van der Waals surface area contributed by atoms with E-state index in [9.17, 15) is 5.11 Å². The van der Waals surface area contributed by atoms with Crippen LogP contribution in [0, 0.1) is 0 Å². The molecule has 0 aliphatic carbocycles. The van der Waals surface area contributed by atoms with E-state index in [-0.39, 0.29) is 13.2 Å². The molecule has 0 amide bonds. The Morgan fingerprint density at radius 3 is 3.08 bits per heavy atom. The van der Waals surface area contributed by atoms with Crippen molar-refractivity contribution in [2.75, 3.05) is 20.3 Å². The monoisotopic (exact) mass is 187 g/mol. The van der Waals surface area contributed by atoms with Gasteiger partial charge in [-0.05, 0) is 0 Å². The molecule has 1 heterocycles. The lowest BCUT2D eigenvalue weighted by molar-refractivity contribution is 0.0578. The third-order valence-corrected chi connectivity index (χ3v) is 1.63. The molecule has 0 saturated heterocycles. The number of hydrogen-bond donors (Lipinski definition) is 2. The zero-order chi connectivity index (χ0) is 9.68. The van der Waals surface area contributed by atoms with Gasteiger partial charge < -0.3 is 14.9 Å². The van der Waals surface area contributed by atoms with E-state index in [1.165, 1.54) is 18.0 Å². The van der Waals surface area contributed by atoms with Crippen LogP contribution >= 0.6 is 0 Å². The summed E-state index contributed by atoms with van der Waals surface area (Å²) in [5.74, 6) is 0. The van der Waals surface area contributed by atoms with Gasteiger partial charge in [-0.25, -0.2) is 4.68 Å². The first-order valence-corrected chi connectivity index (χ1v) is 3.95. The summed E-state index contributed by atoms with van der Waals surface area (Å²) in [6.07, 6.45) is 0.714. The SMILES string of the molecule is COC[C@@H](O)c1cnnn1CCO. The van der Waals surface area contributed by atoms with Gasteiger partial charge in [-0.15, -0.1) is 5.10 Å². The minimum atomic E-state index is -0.744. The Morgan fingerprint density at radius 2 is 2.46 bits per heavy atom. The molecule has 6 nitrogen and oxygen atoms in total. The highest BCUT2D eigenvalue weighted by atomic mass is 16.5. The van der Waals surface area contributed by atoms with E-state index < -0.39 is 6.10 Å². The van der Waals surface area contributed by atoms with Crippen LogP contribution in [0.4, 0.5) is 0 Å². The van der Waals surface area contributed by atoms with Crippen molar-refractivity contribution in [1.29, 1.82) is 0 Å². The zero-order valence-corrected chi connectivity index (χ0v) is 7.42. The third kappa shape index (κ3) is 2.48. The maximum atomic E-state index is 9.51. The molecule has 0 saturated carbocycles. The van der Waals surface area contributed by atoms with E-state index >= 15 is 0 Å². The molecule has 74 valence electrons. The summed E-state index contributed by atoms with van der Waals surface area (Å²) in [4.78, 5) is 0. The van der Waals surface area contributed by atoms with Crippen LogP contribution < -0.4 is 0 Å². The number of aliphatic hydroxyl groups excluding tert-OH is 2. The number of hydrogen-bond acceptors (Lipinski definition) is 5. The van der Waals surface area contributed by atoms with Gasteiger partial charge in [-0.1, -0.05) is 5.21 Å². The molecule has 0 spiro atoms. The molecule has 1 atom stereocenters. The minimum absolute atomic E-state index is 0.0317. The fraction of sp³-hybridized carbons (Fsp3) is 0.714. The predicted octanol–water partition coefficient (Wildman–Crippen LogP) is -1.05. The molecule has 1 aromatic heterocycles. The summed E-state index contributed by atoms with van der Waals surface area (Å²) >= 11 is 0. The van der Waals surface area contributed by atoms with E-state index in [0.29, 0.717) is 12.2 Å². The van der Waals surface area contributed by atoms with Gasteiger partial charge in [0.1, 0.15) is 6.10 Å². The normalized spacial score (nSPS) is 13.2. The van der Waals surface area contributed by atoms with Crippen molar-refractivity contribution in [3.05, 3.63) is 11.9 Å². The number of aliphatic hydroxyl groups is 2. The summed E-state index contributed by atoms with van der Waals surface area (Å²) in [6, 6.07) is 0. The summed E-state index contributed by atoms with van der Waals surface area (Å²) in [7, 11) is 1.50. The fourth-order valence-electron chi connectivity index (χ4n) is 1.04. The number of nitrogens with zero attached hydrogens (tertiary/aromatic N) is 3. The first-order valence-electron chi connectivity index (χ1n) is 3.95. The van der Waals surface area contributed by atoms with Gasteiger partial charge >= 0.3 is 0 Å². The van der Waals surface area contributed by atoms with Gasteiger partial charge in [0.15, 0.2) is 0 Å². The molecule has 2 N–H and O–H groups in total. The standard InChI is InChI=1S/C7H13N3O3/c1-13-5-7(12)6-4-8-9-10(6)2-3-11/h4,7,11-12H,2-3,5H2,1H3/t7-/m1/s1. The Morgan fingerprint density at radius 1 is 1.69 bits per heavy atom. The Hall–Kier alpha value is -0.980. The summed E-state index contributed by atoms with van der Waals surface area (Å²) in [5, 5.41) is 25.5. The van der Waals surface area contributed by atoms with E-state index in [1.54, 1.807) is 0 Å². The summed E-state index contributed by atoms with van der Waals surface area (Å²) in [6.45, 7) is 0.491. The van der Waals surface area contributed by atoms with Crippen LogP contribution in [0.25, 0.3) is 0 Å². The Balaban J connectivity index is 2.68. The van der Waals surface area contributed by atoms with Crippen LogP contribution in [0.1, 0.15) is 11.8 Å². The maximum Gasteiger partial charge on any atom is 0.120 e. The third-order valence-electron chi connectivity index (χ3n) is 1.63. The molecule has 0 fully saturated rings. The molecule has 0 bridgehead atoms. The summed E-state index contributed by atoms with van der Waals surface area (Å²) in [5.41, 5.74) is 0.552. The Kier molecular flexibility index (Phi) is 3.81. The van der Waals surface area contributed by atoms with E-state index in [2.05, 4.69) is 10.3 Å². The van der Waals surface area contributed by atoms with Crippen molar-refractivity contribution in [3.8, 4) is 0 Å². The van der Waals surface area contributed by atoms with Crippen molar-refractivity contribution in [1.82, 2.24) is 15.0 Å². The number of methoxy groups -OCH3 is 1. The molecule has 1 rings (SSSR count). The number of rotatable bonds is 5. The minimum Gasteiger partial charge on any atom is -0.394 e. The molecule has 0 aliphatic heterocycles. The van der Waals surface area contributed by atoms with Crippen molar-refractivity contribution in [3.63, 3.8) is 0 Å². The van der Waals surface area contributed by atoms with Crippen molar-refractivity contribution in [2.45, 2.75) is 12.6 Å². The highest BCUT2D eigenvalue weighted by Gasteiger charge is 2.13. The molecule has 13 heavy (non-hydrogen) atoms. The van der Waals surface area contributed by atoms with Gasteiger partial charge in [0.05, 0.1) is 31.6 Å². The first kappa shape index (κ1) is 10.1. The lowest BCUT2D eigenvalue weighted by Gasteiger charge is -2.09. The summed E-state index contributed by atoms with van der Waals surface area (Å²) < 4.78 is 6.23. The smallest absolute Gasteiger partial charge is 0.120 e. The van der Waals surface area contributed by atoms with Gasteiger partial charge in [0.2, 0.25) is 0 Å². The Labute approximate surface area is 75.8 Å². The topological polar surface area (TPSA) is 80.4 Å². The van der Waals surface area contributed by atoms with Gasteiger partial charge in [-0.2, -0.15) is 0 Å². The van der Waals surface area contributed by atoms with Crippen LogP contribution in [0.5, 0.6) is 0 Å². The van der Waals surface area contributed by atoms with Crippen LogP contribution in [0.3, 0.4) is 0 Å². The molecular formula is C7H13N3O3. The second kappa shape index (κ2) is 4.90. The lowest BCUT2D eigenvalue weighted by Crippen LogP contribution is -2.14. The van der Waals surface area contributed by atoms with Gasteiger partial charge in [-0.3, -0.25) is 0 Å². The van der Waals surface area contributed by atoms with E-state index in [1.807, 2.05) is 0 Å². The first-order chi connectivity index (χ1) is 6.29. The van der Waals surface area contributed by atoms with Gasteiger partial charge in [0.25, 0.3) is 0 Å². The van der Waals surface area contributed by atoms with Crippen molar-refractivity contribution < 1.29 is 14.9 Å². The molecule has 6 heteroatoms. The largest absolute Gasteiger partial charge is 0.394 e. The number of aromatic nitrogens is 3. The molecule has 1 aromatic rings. The van der Waals surface area contributed by atoms with Crippen LogP contribution in [0.2, 0.25) is 0 Å². The van der Waals surface area contributed by atoms with Crippen LogP contribution in [-0.2, 0) is 11.3 Å². The maximum absolute atomic E-state index is 9.51. The lowest BCUT2D eigenvalue weighted by atomic mass is 10.3. The van der Waals surface area contributed by atoms with E-state index in [4.69, 9.17) is 9.84 Å². The fourth-order valence-corrected chi connectivity index (χ4v) is 1.04. The van der Waals surface area contributed by atoms with Crippen LogP contribution in [0.15, 0.2) is 6.20 Å². The average Bonchev–Trinajstić information content (AvgIpc) is 2.54. The molecule has 0 aliphatic rings. The average molecular weight is 187 g/mol. The van der Waals surface area contributed by atoms with Crippen LogP contribution in [-0.4, -0.2) is 45.5 Å². The molecular weight excluding hydrogens is 174 g/mol. The number of ether oxygens (including phenoxy) is 1. The highest BCUT2D eigenvalue weighted by molar-refractivity contribution is 4.98. The van der Waals surface area contributed by atoms with Gasteiger partial charge in [0, 0.05) is 7.11 Å². The van der Waals surface area contributed by atoms with Crippen molar-refractivity contribution in [2.24, 2.45) is 0 Å². The zero-order valence-electron chi connectivity index (χ0n) is 7.42. The molecule has 0 aromatic carbocycles. The highest BCUT2D eigenvalue weighted by Crippen LogP contribution is 2.10. The second-order valence-electron chi connectivity index (χ2n) is 2.58. The van der Waals surface area contributed by atoms with Crippen molar-refractivity contribution >= 4 is 0 Å².